The van der Waals surface area contributed by atoms with Gasteiger partial charge in [0.2, 0.25) is 10.0 Å². The first-order valence-corrected chi connectivity index (χ1v) is 9.39. The molecule has 1 aliphatic rings. The highest BCUT2D eigenvalue weighted by molar-refractivity contribution is 7.89. The summed E-state index contributed by atoms with van der Waals surface area (Å²) in [5.41, 5.74) is 6.93. The Labute approximate surface area is 138 Å². The fourth-order valence-electron chi connectivity index (χ4n) is 3.02. The van der Waals surface area contributed by atoms with Crippen molar-refractivity contribution >= 4 is 15.9 Å². The van der Waals surface area contributed by atoms with Gasteiger partial charge in [0.05, 0.1) is 4.90 Å². The van der Waals surface area contributed by atoms with Crippen LogP contribution in [-0.4, -0.2) is 44.9 Å². The number of benzene rings is 1. The molecule has 1 aromatic rings. The molecular formula is C16H25N3O3S. The van der Waals surface area contributed by atoms with Crippen LogP contribution in [0.2, 0.25) is 0 Å². The summed E-state index contributed by atoms with van der Waals surface area (Å²) in [4.78, 5) is 14.8. The molecule has 0 aromatic heterocycles. The highest BCUT2D eigenvalue weighted by Gasteiger charge is 2.33. The van der Waals surface area contributed by atoms with Crippen molar-refractivity contribution in [3.8, 4) is 0 Å². The fraction of sp³-hybridized carbons (Fsp3) is 0.562. The summed E-state index contributed by atoms with van der Waals surface area (Å²) in [6.07, 6.45) is 0.886. The van der Waals surface area contributed by atoms with E-state index >= 15 is 0 Å². The molecule has 1 heterocycles. The normalized spacial score (nSPS) is 21.7. The topological polar surface area (TPSA) is 92.5 Å². The molecule has 1 aromatic carbocycles. The number of nitrogens with two attached hydrogens (primary N) is 1. The third-order valence-electron chi connectivity index (χ3n) is 4.34. The summed E-state index contributed by atoms with van der Waals surface area (Å²) in [6, 6.07) is 4.79. The molecule has 2 rings (SSSR count). The number of carbonyl (C=O) groups is 1. The van der Waals surface area contributed by atoms with Crippen LogP contribution in [0.3, 0.4) is 0 Å². The number of sulfonamides is 1. The quantitative estimate of drug-likeness (QED) is 0.840. The molecular weight excluding hydrogens is 314 g/mol. The van der Waals surface area contributed by atoms with E-state index in [9.17, 15) is 13.2 Å². The largest absolute Gasteiger partial charge is 0.336 e. The average molecular weight is 339 g/mol. The molecule has 1 amide bonds. The number of hydrogen-bond donors (Lipinski definition) is 2. The van der Waals surface area contributed by atoms with Crippen molar-refractivity contribution < 1.29 is 13.2 Å². The third kappa shape index (κ3) is 3.73. The van der Waals surface area contributed by atoms with E-state index in [0.29, 0.717) is 31.1 Å². The van der Waals surface area contributed by atoms with Gasteiger partial charge >= 0.3 is 0 Å². The Kier molecular flexibility index (Phi) is 5.44. The minimum Gasteiger partial charge on any atom is -0.336 e. The van der Waals surface area contributed by atoms with E-state index in [-0.39, 0.29) is 16.8 Å². The van der Waals surface area contributed by atoms with Crippen LogP contribution in [0.4, 0.5) is 0 Å². The summed E-state index contributed by atoms with van der Waals surface area (Å²) in [5.74, 6) is 0.183. The lowest BCUT2D eigenvalue weighted by Gasteiger charge is -2.23. The van der Waals surface area contributed by atoms with Gasteiger partial charge in [-0.2, -0.15) is 0 Å². The Balaban J connectivity index is 2.34. The van der Waals surface area contributed by atoms with Crippen molar-refractivity contribution in [2.24, 2.45) is 11.7 Å². The van der Waals surface area contributed by atoms with Gasteiger partial charge in [-0.15, -0.1) is 0 Å². The van der Waals surface area contributed by atoms with Crippen molar-refractivity contribution in [1.29, 1.82) is 0 Å². The van der Waals surface area contributed by atoms with Crippen molar-refractivity contribution in [2.75, 3.05) is 19.6 Å². The highest BCUT2D eigenvalue weighted by atomic mass is 32.2. The maximum Gasteiger partial charge on any atom is 0.254 e. The lowest BCUT2D eigenvalue weighted by molar-refractivity contribution is 0.0742. The summed E-state index contributed by atoms with van der Waals surface area (Å²) >= 11 is 0. The SMILES string of the molecule is CCNS(=O)(=O)c1ccc(C)c(C(=O)N2CC(CN)CC2C)c1. The van der Waals surface area contributed by atoms with E-state index < -0.39 is 10.0 Å². The van der Waals surface area contributed by atoms with E-state index in [0.717, 1.165) is 12.0 Å². The molecule has 0 radical (unpaired) electrons. The van der Waals surface area contributed by atoms with Crippen LogP contribution in [0.5, 0.6) is 0 Å². The van der Waals surface area contributed by atoms with Gasteiger partial charge in [-0.3, -0.25) is 4.79 Å². The van der Waals surface area contributed by atoms with E-state index in [1.54, 1.807) is 17.9 Å². The zero-order chi connectivity index (χ0) is 17.2. The summed E-state index contributed by atoms with van der Waals surface area (Å²) in [7, 11) is -3.58. The molecule has 2 atom stereocenters. The van der Waals surface area contributed by atoms with Gasteiger partial charge in [0.15, 0.2) is 0 Å². The number of carbonyl (C=O) groups excluding carboxylic acids is 1. The van der Waals surface area contributed by atoms with Crippen LogP contribution in [-0.2, 0) is 10.0 Å². The maximum atomic E-state index is 12.8. The number of likely N-dealkylation sites (tertiary alicyclic amines) is 1. The predicted octanol–water partition coefficient (Wildman–Crippen LogP) is 1.10. The third-order valence-corrected chi connectivity index (χ3v) is 5.88. The van der Waals surface area contributed by atoms with Crippen LogP contribution in [0.15, 0.2) is 23.1 Å². The summed E-state index contributed by atoms with van der Waals surface area (Å²) in [5, 5.41) is 0. The Bertz CT molecular complexity index is 688. The van der Waals surface area contributed by atoms with Crippen molar-refractivity contribution in [3.63, 3.8) is 0 Å². The number of aryl methyl sites for hydroxylation is 1. The first kappa shape index (κ1) is 17.9. The summed E-state index contributed by atoms with van der Waals surface area (Å²) in [6.45, 7) is 7.03. The predicted molar refractivity (Wildman–Crippen MR) is 89.7 cm³/mol. The molecule has 0 aliphatic carbocycles. The first-order chi connectivity index (χ1) is 10.8. The van der Waals surface area contributed by atoms with Crippen LogP contribution < -0.4 is 10.5 Å². The Hall–Kier alpha value is -1.44. The van der Waals surface area contributed by atoms with Crippen LogP contribution in [0.25, 0.3) is 0 Å². The molecule has 2 unspecified atom stereocenters. The van der Waals surface area contributed by atoms with Crippen LogP contribution >= 0.6 is 0 Å². The number of amides is 1. The number of hydrogen-bond acceptors (Lipinski definition) is 4. The molecule has 1 fully saturated rings. The average Bonchev–Trinajstić information content (AvgIpc) is 2.88. The van der Waals surface area contributed by atoms with Crippen LogP contribution in [0.1, 0.15) is 36.2 Å². The van der Waals surface area contributed by atoms with Gasteiger partial charge in [0, 0.05) is 24.7 Å². The second-order valence-corrected chi connectivity index (χ2v) is 7.89. The molecule has 0 spiro atoms. The first-order valence-electron chi connectivity index (χ1n) is 7.91. The summed E-state index contributed by atoms with van der Waals surface area (Å²) < 4.78 is 26.7. The van der Waals surface area contributed by atoms with Gasteiger partial charge in [0.1, 0.15) is 0 Å². The van der Waals surface area contributed by atoms with Crippen molar-refractivity contribution in [3.05, 3.63) is 29.3 Å². The van der Waals surface area contributed by atoms with Gasteiger partial charge in [0.25, 0.3) is 5.91 Å². The van der Waals surface area contributed by atoms with E-state index in [1.807, 2.05) is 13.8 Å². The maximum absolute atomic E-state index is 12.8. The zero-order valence-corrected chi connectivity index (χ0v) is 14.7. The fourth-order valence-corrected chi connectivity index (χ4v) is 4.09. The van der Waals surface area contributed by atoms with E-state index in [1.165, 1.54) is 12.1 Å². The molecule has 7 heteroatoms. The molecule has 0 saturated carbocycles. The number of nitrogens with zero attached hydrogens (tertiary/aromatic N) is 1. The Morgan fingerprint density at radius 2 is 2.13 bits per heavy atom. The van der Waals surface area contributed by atoms with E-state index in [4.69, 9.17) is 5.73 Å². The van der Waals surface area contributed by atoms with Gasteiger partial charge < -0.3 is 10.6 Å². The minimum absolute atomic E-state index is 0.115. The second-order valence-electron chi connectivity index (χ2n) is 6.12. The lowest BCUT2D eigenvalue weighted by atomic mass is 10.1. The monoisotopic (exact) mass is 339 g/mol. The molecule has 6 nitrogen and oxygen atoms in total. The molecule has 1 aliphatic heterocycles. The van der Waals surface area contributed by atoms with E-state index in [2.05, 4.69) is 4.72 Å². The molecule has 0 bridgehead atoms. The Morgan fingerprint density at radius 3 is 2.70 bits per heavy atom. The molecule has 23 heavy (non-hydrogen) atoms. The van der Waals surface area contributed by atoms with Crippen molar-refractivity contribution in [2.45, 2.75) is 38.1 Å². The number of nitrogens with one attached hydrogen (secondary N) is 1. The van der Waals surface area contributed by atoms with Crippen LogP contribution in [0, 0.1) is 12.8 Å². The second kappa shape index (κ2) is 6.98. The Morgan fingerprint density at radius 1 is 1.43 bits per heavy atom. The van der Waals surface area contributed by atoms with Gasteiger partial charge in [-0.05, 0) is 50.4 Å². The smallest absolute Gasteiger partial charge is 0.254 e. The standard InChI is InChI=1S/C16H25N3O3S/c1-4-18-23(21,22)14-6-5-11(2)15(8-14)16(20)19-10-13(9-17)7-12(19)3/h5-6,8,12-13,18H,4,7,9-10,17H2,1-3H3. The zero-order valence-electron chi connectivity index (χ0n) is 13.9. The minimum atomic E-state index is -3.58. The number of rotatable bonds is 5. The lowest BCUT2D eigenvalue weighted by Crippen LogP contribution is -2.35. The van der Waals surface area contributed by atoms with Crippen molar-refractivity contribution in [1.82, 2.24) is 9.62 Å². The molecule has 3 N–H and O–H groups in total. The van der Waals surface area contributed by atoms with Gasteiger partial charge in [-0.1, -0.05) is 13.0 Å². The highest BCUT2D eigenvalue weighted by Crippen LogP contribution is 2.26. The molecule has 128 valence electrons. The molecule has 1 saturated heterocycles. The van der Waals surface area contributed by atoms with Gasteiger partial charge in [-0.25, -0.2) is 13.1 Å².